The summed E-state index contributed by atoms with van der Waals surface area (Å²) in [5.41, 5.74) is 1.44. The second-order valence-electron chi connectivity index (χ2n) is 12.2. The van der Waals surface area contributed by atoms with Gasteiger partial charge < -0.3 is 15.3 Å². The Hall–Kier alpha value is -1.80. The van der Waals surface area contributed by atoms with Gasteiger partial charge in [0.25, 0.3) is 0 Å². The molecule has 4 aliphatic carbocycles. The third-order valence-electron chi connectivity index (χ3n) is 10.6. The van der Waals surface area contributed by atoms with Crippen molar-refractivity contribution in [1.29, 1.82) is 0 Å². The van der Waals surface area contributed by atoms with Crippen molar-refractivity contribution in [3.8, 4) is 0 Å². The zero-order valence-electron chi connectivity index (χ0n) is 21.5. The molecule has 0 amide bonds. The predicted molar refractivity (Wildman–Crippen MR) is 140 cm³/mol. The molecule has 7 atom stereocenters. The van der Waals surface area contributed by atoms with Crippen LogP contribution < -0.4 is 0 Å². The van der Waals surface area contributed by atoms with Crippen LogP contribution in [0.15, 0.2) is 23.9 Å². The molecule has 2 heterocycles. The number of allylic oxidation sites excluding steroid dienone is 1. The smallest absolute Gasteiger partial charge is 0.190 e. The summed E-state index contributed by atoms with van der Waals surface area (Å²) >= 11 is 1.86. The first-order chi connectivity index (χ1) is 17.1. The molecule has 2 aromatic heterocycles. The van der Waals surface area contributed by atoms with Crippen molar-refractivity contribution in [3.63, 3.8) is 0 Å². The van der Waals surface area contributed by atoms with Gasteiger partial charge in [-0.25, -0.2) is 0 Å². The van der Waals surface area contributed by atoms with Crippen LogP contribution in [0.4, 0.5) is 0 Å². The quantitative estimate of drug-likeness (QED) is 0.565. The van der Waals surface area contributed by atoms with Gasteiger partial charge in [0, 0.05) is 15.2 Å². The van der Waals surface area contributed by atoms with E-state index in [1.807, 2.05) is 24.5 Å². The third-order valence-corrected chi connectivity index (χ3v) is 11.8. The number of aryl methyl sites for hydroxylation is 1. The van der Waals surface area contributed by atoms with E-state index in [0.717, 1.165) is 38.6 Å². The maximum atomic E-state index is 12.6. The number of nitrogens with zero attached hydrogens (tertiary/aromatic N) is 2. The summed E-state index contributed by atoms with van der Waals surface area (Å²) in [7, 11) is 0. The summed E-state index contributed by atoms with van der Waals surface area (Å²) in [5, 5.41) is 37.4. The van der Waals surface area contributed by atoms with E-state index < -0.39 is 29.5 Å². The first-order valence-electron chi connectivity index (χ1n) is 13.5. The van der Waals surface area contributed by atoms with Crippen LogP contribution in [0.25, 0.3) is 6.08 Å². The molecule has 2 aromatic rings. The third kappa shape index (κ3) is 3.25. The number of fused-ring (bicyclic) bond motifs is 6. The summed E-state index contributed by atoms with van der Waals surface area (Å²) < 4.78 is 2.13. The summed E-state index contributed by atoms with van der Waals surface area (Å²) in [6, 6.07) is 4.42. The Morgan fingerprint density at radius 2 is 2.03 bits per heavy atom. The molecule has 194 valence electrons. The fraction of sp³-hybridized carbons (Fsp3) is 0.655. The number of thiophene rings is 1. The van der Waals surface area contributed by atoms with Gasteiger partial charge >= 0.3 is 0 Å². The highest BCUT2D eigenvalue weighted by atomic mass is 32.1. The van der Waals surface area contributed by atoms with Gasteiger partial charge in [-0.15, -0.1) is 11.3 Å². The average Bonchev–Trinajstić information content (AvgIpc) is 3.53. The van der Waals surface area contributed by atoms with Crippen LogP contribution in [0.1, 0.15) is 73.9 Å². The van der Waals surface area contributed by atoms with E-state index in [4.69, 9.17) is 5.10 Å². The number of hydrogen-bond acceptors (Lipinski definition) is 6. The molecule has 6 nitrogen and oxygen atoms in total. The lowest BCUT2D eigenvalue weighted by molar-refractivity contribution is -0.181. The normalized spacial score (nSPS) is 39.1. The van der Waals surface area contributed by atoms with Crippen LogP contribution in [0, 0.1) is 28.6 Å². The van der Waals surface area contributed by atoms with Gasteiger partial charge in [0.2, 0.25) is 0 Å². The minimum atomic E-state index is -1.55. The first-order valence-corrected chi connectivity index (χ1v) is 14.3. The lowest BCUT2D eigenvalue weighted by Gasteiger charge is -2.60. The molecular weight excluding hydrogens is 472 g/mol. The van der Waals surface area contributed by atoms with E-state index in [0.29, 0.717) is 12.8 Å². The molecule has 0 radical (unpaired) electrons. The summed E-state index contributed by atoms with van der Waals surface area (Å²) in [4.78, 5) is 15.4. The fourth-order valence-corrected chi connectivity index (χ4v) is 9.74. The predicted octanol–water partition coefficient (Wildman–Crippen LogP) is 4.00. The monoisotopic (exact) mass is 510 g/mol. The molecule has 3 saturated carbocycles. The average molecular weight is 511 g/mol. The topological polar surface area (TPSA) is 95.6 Å². The van der Waals surface area contributed by atoms with Crippen molar-refractivity contribution in [3.05, 3.63) is 44.9 Å². The van der Waals surface area contributed by atoms with Crippen molar-refractivity contribution in [2.24, 2.45) is 28.6 Å². The minimum Gasteiger partial charge on any atom is -0.393 e. The number of hydrogen-bond donors (Lipinski definition) is 3. The van der Waals surface area contributed by atoms with E-state index in [1.54, 1.807) is 0 Å². The molecule has 0 aromatic carbocycles. The van der Waals surface area contributed by atoms with Crippen LogP contribution >= 0.6 is 11.3 Å². The molecule has 0 saturated heterocycles. The van der Waals surface area contributed by atoms with Gasteiger partial charge in [0.1, 0.15) is 12.2 Å². The molecule has 3 N–H and O–H groups in total. The summed E-state index contributed by atoms with van der Waals surface area (Å²) in [6.45, 7) is 6.61. The van der Waals surface area contributed by atoms with Crippen LogP contribution in [0.5, 0.6) is 0 Å². The molecule has 0 aliphatic heterocycles. The Morgan fingerprint density at radius 1 is 1.25 bits per heavy atom. The first kappa shape index (κ1) is 24.5. The van der Waals surface area contributed by atoms with Crippen LogP contribution in [-0.2, 0) is 24.2 Å². The van der Waals surface area contributed by atoms with E-state index >= 15 is 0 Å². The fourth-order valence-electron chi connectivity index (χ4n) is 8.80. The van der Waals surface area contributed by atoms with Gasteiger partial charge in [-0.1, -0.05) is 26.3 Å². The Kier molecular flexibility index (Phi) is 5.69. The van der Waals surface area contributed by atoms with Crippen molar-refractivity contribution in [1.82, 2.24) is 9.78 Å². The Morgan fingerprint density at radius 3 is 2.75 bits per heavy atom. The number of aliphatic hydroxyl groups is 3. The number of aromatic nitrogens is 2. The largest absolute Gasteiger partial charge is 0.393 e. The number of carbonyl (C=O) groups excluding carboxylic acids is 1. The summed E-state index contributed by atoms with van der Waals surface area (Å²) in [5.74, 6) is 0.00687. The van der Waals surface area contributed by atoms with Gasteiger partial charge in [0.05, 0.1) is 24.5 Å². The molecule has 0 spiro atoms. The standard InChI is InChI=1S/C29H38N2O4S/c1-4-19-6-7-20(36-19)15-31-23-11-18-5-8-21-22-9-10-29(35,25(34)16-32)28(22,3)13-24(33)26(21)27(18,2)12-17(23)14-30-31/h6-7,11,14,21-22,24,26,32-33,35H,4-5,8-10,12-13,15-16H2,1-3H3/t21-,22-,24-,26+,27-,28-,29-/m0/s1. The van der Waals surface area contributed by atoms with Crippen molar-refractivity contribution in [2.75, 3.05) is 6.61 Å². The van der Waals surface area contributed by atoms with Gasteiger partial charge in [-0.2, -0.15) is 5.10 Å². The second-order valence-corrected chi connectivity index (χ2v) is 13.5. The highest BCUT2D eigenvalue weighted by molar-refractivity contribution is 7.11. The van der Waals surface area contributed by atoms with Crippen LogP contribution in [0.2, 0.25) is 0 Å². The molecular formula is C29H38N2O4S. The van der Waals surface area contributed by atoms with E-state index in [2.05, 4.69) is 36.7 Å². The Labute approximate surface area is 217 Å². The number of aliphatic hydroxyl groups excluding tert-OH is 2. The summed E-state index contributed by atoms with van der Waals surface area (Å²) in [6.07, 6.45) is 9.14. The maximum absolute atomic E-state index is 12.6. The second kappa shape index (κ2) is 8.35. The molecule has 3 fully saturated rings. The zero-order chi connectivity index (χ0) is 25.5. The number of ketones is 1. The van der Waals surface area contributed by atoms with E-state index in [1.165, 1.54) is 26.6 Å². The lowest BCUT2D eigenvalue weighted by atomic mass is 9.45. The van der Waals surface area contributed by atoms with E-state index in [-0.39, 0.29) is 23.2 Å². The van der Waals surface area contributed by atoms with Crippen LogP contribution in [0.3, 0.4) is 0 Å². The Bertz CT molecular complexity index is 1230. The Balaban J connectivity index is 1.31. The minimum absolute atomic E-state index is 0.0862. The van der Waals surface area contributed by atoms with Crippen molar-refractivity contribution >= 4 is 23.2 Å². The van der Waals surface area contributed by atoms with Gasteiger partial charge in [-0.3, -0.25) is 9.48 Å². The SMILES string of the molecule is CCc1ccc(Cn2ncc3c2C=C2CC[C@@H]4[C@H]([C@@H](O)C[C@@]5(C)[C@H]4CC[C@]5(O)C(=O)CO)[C@@]2(C)C3)s1. The number of Topliss-reactive ketones (excluding diaryl/α,β-unsaturated/α-hetero) is 1. The maximum Gasteiger partial charge on any atom is 0.190 e. The lowest BCUT2D eigenvalue weighted by Crippen LogP contribution is -2.62. The molecule has 0 bridgehead atoms. The molecule has 0 unspecified atom stereocenters. The molecule has 4 aliphatic rings. The highest BCUT2D eigenvalue weighted by Gasteiger charge is 2.68. The number of carbonyl (C=O) groups is 1. The van der Waals surface area contributed by atoms with E-state index in [9.17, 15) is 20.1 Å². The molecule has 6 rings (SSSR count). The van der Waals surface area contributed by atoms with Crippen molar-refractivity contribution in [2.45, 2.75) is 84.0 Å². The highest BCUT2D eigenvalue weighted by Crippen LogP contribution is 2.67. The molecule has 7 heteroatoms. The van der Waals surface area contributed by atoms with Crippen molar-refractivity contribution < 1.29 is 20.1 Å². The number of rotatable bonds is 5. The molecule has 36 heavy (non-hydrogen) atoms. The zero-order valence-corrected chi connectivity index (χ0v) is 22.4. The van der Waals surface area contributed by atoms with Gasteiger partial charge in [-0.05, 0) is 91.9 Å². The van der Waals surface area contributed by atoms with Gasteiger partial charge in [0.15, 0.2) is 5.78 Å². The van der Waals surface area contributed by atoms with Crippen LogP contribution in [-0.4, -0.2) is 49.2 Å².